The van der Waals surface area contributed by atoms with Crippen molar-refractivity contribution in [3.63, 3.8) is 0 Å². The van der Waals surface area contributed by atoms with Crippen molar-refractivity contribution in [3.05, 3.63) is 106 Å². The molecule has 0 saturated carbocycles. The van der Waals surface area contributed by atoms with E-state index in [0.29, 0.717) is 27.2 Å². The number of aryl methyl sites for hydroxylation is 2. The van der Waals surface area contributed by atoms with E-state index in [9.17, 15) is 9.18 Å². The van der Waals surface area contributed by atoms with Crippen molar-refractivity contribution >= 4 is 51.0 Å². The number of rotatable bonds is 7. The maximum atomic E-state index is 13.3. The van der Waals surface area contributed by atoms with Crippen LogP contribution in [0.25, 0.3) is 0 Å². The summed E-state index contributed by atoms with van der Waals surface area (Å²) in [5.41, 5.74) is 4.23. The van der Waals surface area contributed by atoms with Gasteiger partial charge in [0.2, 0.25) is 0 Å². The molecule has 4 rings (SSSR count). The van der Waals surface area contributed by atoms with Gasteiger partial charge < -0.3 is 5.32 Å². The summed E-state index contributed by atoms with van der Waals surface area (Å²) in [5, 5.41) is 3.45. The fourth-order valence-electron chi connectivity index (χ4n) is 3.03. The monoisotopic (exact) mass is 553 g/mol. The van der Waals surface area contributed by atoms with Crippen molar-refractivity contribution in [1.82, 2.24) is 9.97 Å². The van der Waals surface area contributed by atoms with E-state index in [1.807, 2.05) is 56.3 Å². The maximum absolute atomic E-state index is 13.3. The van der Waals surface area contributed by atoms with Gasteiger partial charge in [-0.2, -0.15) is 0 Å². The molecule has 0 unspecified atom stereocenters. The van der Waals surface area contributed by atoms with Crippen molar-refractivity contribution in [2.24, 2.45) is 0 Å². The molecule has 0 aliphatic carbocycles. The minimum absolute atomic E-state index is 0.274. The molecule has 4 aromatic rings. The summed E-state index contributed by atoms with van der Waals surface area (Å²) < 4.78 is 14.2. The van der Waals surface area contributed by atoms with Crippen LogP contribution >= 0.6 is 39.5 Å². The Morgan fingerprint density at radius 3 is 2.44 bits per heavy atom. The zero-order valence-corrected chi connectivity index (χ0v) is 21.7. The van der Waals surface area contributed by atoms with Gasteiger partial charge >= 0.3 is 0 Å². The number of aromatic nitrogens is 2. The average Bonchev–Trinajstić information content (AvgIpc) is 2.83. The van der Waals surface area contributed by atoms with Crippen LogP contribution in [0.1, 0.15) is 27.2 Å². The van der Waals surface area contributed by atoms with Crippen LogP contribution in [-0.2, 0) is 5.75 Å². The third-order valence-electron chi connectivity index (χ3n) is 5.04. The van der Waals surface area contributed by atoms with Crippen LogP contribution in [0.3, 0.4) is 0 Å². The molecule has 3 aromatic carbocycles. The van der Waals surface area contributed by atoms with E-state index in [1.54, 1.807) is 18.3 Å². The number of carbonyl (C=O) groups excluding carboxylic acids is 1. The highest BCUT2D eigenvalue weighted by Gasteiger charge is 2.18. The van der Waals surface area contributed by atoms with Gasteiger partial charge in [0.05, 0.1) is 4.90 Å². The van der Waals surface area contributed by atoms with Gasteiger partial charge in [-0.05, 0) is 79.1 Å². The van der Waals surface area contributed by atoms with Crippen LogP contribution in [0.5, 0.6) is 0 Å². The van der Waals surface area contributed by atoms with Crippen LogP contribution in [0.4, 0.5) is 10.1 Å². The number of benzene rings is 3. The number of hydrogen-bond acceptors (Lipinski definition) is 5. The fraction of sp³-hybridized carbons (Fsp3) is 0.115. The van der Waals surface area contributed by atoms with E-state index in [2.05, 4.69) is 31.2 Å². The van der Waals surface area contributed by atoms with Crippen LogP contribution in [0.15, 0.2) is 92.3 Å². The maximum Gasteiger partial charge on any atom is 0.275 e. The van der Waals surface area contributed by atoms with Crippen molar-refractivity contribution in [2.45, 2.75) is 34.5 Å². The van der Waals surface area contributed by atoms with Gasteiger partial charge in [-0.15, -0.1) is 0 Å². The standard InChI is InChI=1S/C26H21BrFN3OS2/c1-16-3-10-21(13-17(16)2)30-25(32)24-23(34-22-11-6-19(27)7-12-22)14-29-26(31-24)33-15-18-4-8-20(28)9-5-18/h3-14H,15H2,1-2H3,(H,30,32). The molecule has 1 amide bonds. The van der Waals surface area contributed by atoms with Gasteiger partial charge in [0, 0.05) is 27.0 Å². The van der Waals surface area contributed by atoms with Gasteiger partial charge in [0.25, 0.3) is 5.91 Å². The molecule has 0 bridgehead atoms. The fourth-order valence-corrected chi connectivity index (χ4v) is 4.93. The molecule has 0 aliphatic rings. The number of anilines is 1. The van der Waals surface area contributed by atoms with Gasteiger partial charge in [-0.1, -0.05) is 57.7 Å². The second-order valence-electron chi connectivity index (χ2n) is 7.59. The molecule has 4 nitrogen and oxygen atoms in total. The molecule has 34 heavy (non-hydrogen) atoms. The number of carbonyl (C=O) groups is 1. The Hall–Kier alpha value is -2.68. The third kappa shape index (κ3) is 6.46. The van der Waals surface area contributed by atoms with E-state index in [0.717, 1.165) is 26.1 Å². The predicted octanol–water partition coefficient (Wildman–Crippen LogP) is 7.69. The average molecular weight is 555 g/mol. The number of amides is 1. The summed E-state index contributed by atoms with van der Waals surface area (Å²) in [6.07, 6.45) is 1.68. The van der Waals surface area contributed by atoms with E-state index in [1.165, 1.54) is 35.7 Å². The Bertz CT molecular complexity index is 1310. The first-order valence-electron chi connectivity index (χ1n) is 10.4. The molecule has 1 aromatic heterocycles. The molecular weight excluding hydrogens is 533 g/mol. The lowest BCUT2D eigenvalue weighted by atomic mass is 10.1. The largest absolute Gasteiger partial charge is 0.321 e. The Morgan fingerprint density at radius 2 is 1.74 bits per heavy atom. The smallest absolute Gasteiger partial charge is 0.275 e. The SMILES string of the molecule is Cc1ccc(NC(=O)c2nc(SCc3ccc(F)cc3)ncc2Sc2ccc(Br)cc2)cc1C. The van der Waals surface area contributed by atoms with Gasteiger partial charge in [0.1, 0.15) is 11.5 Å². The van der Waals surface area contributed by atoms with E-state index in [4.69, 9.17) is 0 Å². The Kier molecular flexibility index (Phi) is 8.03. The van der Waals surface area contributed by atoms with Gasteiger partial charge in [-0.3, -0.25) is 4.79 Å². The number of hydrogen-bond donors (Lipinski definition) is 1. The number of nitrogens with zero attached hydrogens (tertiary/aromatic N) is 2. The van der Waals surface area contributed by atoms with Crippen molar-refractivity contribution < 1.29 is 9.18 Å². The second kappa shape index (κ2) is 11.2. The van der Waals surface area contributed by atoms with Gasteiger partial charge in [-0.25, -0.2) is 14.4 Å². The van der Waals surface area contributed by atoms with Crippen LogP contribution in [0.2, 0.25) is 0 Å². The summed E-state index contributed by atoms with van der Waals surface area (Å²) in [4.78, 5) is 24.0. The molecule has 1 N–H and O–H groups in total. The quantitative estimate of drug-likeness (QED) is 0.188. The highest BCUT2D eigenvalue weighted by molar-refractivity contribution is 9.10. The summed E-state index contributed by atoms with van der Waals surface area (Å²) in [5.74, 6) is -0.00366. The molecule has 0 radical (unpaired) electrons. The van der Waals surface area contributed by atoms with E-state index >= 15 is 0 Å². The first kappa shape index (κ1) is 24.4. The normalized spacial score (nSPS) is 10.8. The van der Waals surface area contributed by atoms with E-state index in [-0.39, 0.29) is 11.7 Å². The second-order valence-corrected chi connectivity index (χ2v) is 10.6. The van der Waals surface area contributed by atoms with Crippen molar-refractivity contribution in [2.75, 3.05) is 5.32 Å². The molecule has 172 valence electrons. The molecule has 0 atom stereocenters. The Morgan fingerprint density at radius 1 is 1.00 bits per heavy atom. The van der Waals surface area contributed by atoms with E-state index < -0.39 is 0 Å². The zero-order chi connectivity index (χ0) is 24.1. The lowest BCUT2D eigenvalue weighted by molar-refractivity contribution is 0.101. The number of halogens is 2. The minimum atomic E-state index is -0.297. The molecule has 0 spiro atoms. The number of thioether (sulfide) groups is 1. The Balaban J connectivity index is 1.60. The molecule has 0 fully saturated rings. The minimum Gasteiger partial charge on any atom is -0.321 e. The lowest BCUT2D eigenvalue weighted by Crippen LogP contribution is -2.16. The highest BCUT2D eigenvalue weighted by Crippen LogP contribution is 2.32. The van der Waals surface area contributed by atoms with Gasteiger partial charge in [0.15, 0.2) is 5.16 Å². The first-order valence-corrected chi connectivity index (χ1v) is 13.0. The molecule has 0 saturated heterocycles. The summed E-state index contributed by atoms with van der Waals surface area (Å²) in [6.45, 7) is 4.04. The predicted molar refractivity (Wildman–Crippen MR) is 140 cm³/mol. The van der Waals surface area contributed by atoms with Crippen LogP contribution in [-0.4, -0.2) is 15.9 Å². The molecule has 0 aliphatic heterocycles. The summed E-state index contributed by atoms with van der Waals surface area (Å²) >= 11 is 6.28. The van der Waals surface area contributed by atoms with Crippen molar-refractivity contribution in [1.29, 1.82) is 0 Å². The van der Waals surface area contributed by atoms with Crippen molar-refractivity contribution in [3.8, 4) is 0 Å². The highest BCUT2D eigenvalue weighted by atomic mass is 79.9. The lowest BCUT2D eigenvalue weighted by Gasteiger charge is -2.12. The molecule has 8 heteroatoms. The molecular formula is C26H21BrFN3OS2. The summed E-state index contributed by atoms with van der Waals surface area (Å²) in [6, 6.07) is 20.0. The topological polar surface area (TPSA) is 54.9 Å². The molecule has 1 heterocycles. The van der Waals surface area contributed by atoms with Crippen LogP contribution in [0, 0.1) is 19.7 Å². The zero-order valence-electron chi connectivity index (χ0n) is 18.5. The summed E-state index contributed by atoms with van der Waals surface area (Å²) in [7, 11) is 0. The third-order valence-corrected chi connectivity index (χ3v) is 7.52. The first-order chi connectivity index (χ1) is 16.4. The van der Waals surface area contributed by atoms with Crippen LogP contribution < -0.4 is 5.32 Å². The Labute approximate surface area is 214 Å². The number of nitrogens with one attached hydrogen (secondary N) is 1.